The Bertz CT molecular complexity index is 620. The summed E-state index contributed by atoms with van der Waals surface area (Å²) in [7, 11) is 0. The van der Waals surface area contributed by atoms with Crippen molar-refractivity contribution >= 4 is 16.2 Å². The zero-order chi connectivity index (χ0) is 14.9. The zero-order valence-corrected chi connectivity index (χ0v) is 14.0. The molecule has 0 amide bonds. The molecule has 4 heteroatoms. The first-order valence-corrected chi connectivity index (χ1v) is 9.77. The van der Waals surface area contributed by atoms with Gasteiger partial charge in [0.15, 0.2) is 0 Å². The van der Waals surface area contributed by atoms with Gasteiger partial charge in [0.25, 0.3) is 0 Å². The SMILES string of the molecule is O[C@@H](CC1CCCCC1)c1c(C2CCCC2)sc2cncn12. The minimum absolute atomic E-state index is 0.318. The molecule has 2 fully saturated rings. The topological polar surface area (TPSA) is 37.5 Å². The summed E-state index contributed by atoms with van der Waals surface area (Å²) >= 11 is 1.86. The first kappa shape index (κ1) is 14.7. The van der Waals surface area contributed by atoms with Gasteiger partial charge in [0.1, 0.15) is 11.2 Å². The molecule has 0 aromatic carbocycles. The molecule has 2 heterocycles. The third kappa shape index (κ3) is 2.71. The van der Waals surface area contributed by atoms with Gasteiger partial charge in [0, 0.05) is 4.88 Å². The van der Waals surface area contributed by atoms with Gasteiger partial charge in [0.05, 0.1) is 18.0 Å². The second kappa shape index (κ2) is 6.32. The summed E-state index contributed by atoms with van der Waals surface area (Å²) in [6.07, 6.45) is 16.4. The van der Waals surface area contributed by atoms with E-state index in [9.17, 15) is 5.11 Å². The van der Waals surface area contributed by atoms with Crippen LogP contribution in [0.1, 0.15) is 86.8 Å². The predicted molar refractivity (Wildman–Crippen MR) is 90.4 cm³/mol. The molecule has 0 radical (unpaired) electrons. The van der Waals surface area contributed by atoms with E-state index in [0.717, 1.165) is 12.1 Å². The molecule has 2 aliphatic carbocycles. The lowest BCUT2D eigenvalue weighted by molar-refractivity contribution is 0.125. The molecule has 1 N–H and O–H groups in total. The molecule has 2 aromatic rings. The average molecular weight is 318 g/mol. The summed E-state index contributed by atoms with van der Waals surface area (Å²) in [4.78, 5) is 6.92. The fourth-order valence-electron chi connectivity index (χ4n) is 4.48. The highest BCUT2D eigenvalue weighted by atomic mass is 32.1. The van der Waals surface area contributed by atoms with Crippen LogP contribution in [0.15, 0.2) is 12.5 Å². The molecule has 0 bridgehead atoms. The van der Waals surface area contributed by atoms with E-state index in [1.165, 1.54) is 67.5 Å². The van der Waals surface area contributed by atoms with Crippen molar-refractivity contribution in [2.24, 2.45) is 5.92 Å². The van der Waals surface area contributed by atoms with E-state index in [1.807, 2.05) is 23.9 Å². The average Bonchev–Trinajstić information content (AvgIpc) is 3.24. The number of hydrogen-bond acceptors (Lipinski definition) is 3. The minimum Gasteiger partial charge on any atom is -0.387 e. The van der Waals surface area contributed by atoms with E-state index in [1.54, 1.807) is 0 Å². The lowest BCUT2D eigenvalue weighted by Crippen LogP contribution is -2.13. The van der Waals surface area contributed by atoms with Crippen LogP contribution in [0.3, 0.4) is 0 Å². The van der Waals surface area contributed by atoms with Crippen LogP contribution < -0.4 is 0 Å². The summed E-state index contributed by atoms with van der Waals surface area (Å²) < 4.78 is 2.16. The standard InChI is InChI=1S/C18H26N2OS/c21-15(10-13-6-2-1-3-7-13)17-18(14-8-4-5-9-14)22-16-11-19-12-20(16)17/h11-15,21H,1-10H2/t15-/m0/s1. The highest BCUT2D eigenvalue weighted by Crippen LogP contribution is 2.43. The fraction of sp³-hybridized carbons (Fsp3) is 0.722. The van der Waals surface area contributed by atoms with Crippen molar-refractivity contribution in [3.8, 4) is 0 Å². The van der Waals surface area contributed by atoms with Gasteiger partial charge in [-0.3, -0.25) is 4.40 Å². The van der Waals surface area contributed by atoms with E-state index in [2.05, 4.69) is 9.38 Å². The Hall–Kier alpha value is -0.870. The molecule has 22 heavy (non-hydrogen) atoms. The van der Waals surface area contributed by atoms with Crippen molar-refractivity contribution < 1.29 is 5.11 Å². The Morgan fingerprint density at radius 1 is 1.14 bits per heavy atom. The summed E-state index contributed by atoms with van der Waals surface area (Å²) in [5.41, 5.74) is 1.16. The normalized spacial score (nSPS) is 22.6. The first-order chi connectivity index (χ1) is 10.8. The Morgan fingerprint density at radius 2 is 1.86 bits per heavy atom. The van der Waals surface area contributed by atoms with Crippen LogP contribution in [0.5, 0.6) is 0 Å². The van der Waals surface area contributed by atoms with E-state index in [-0.39, 0.29) is 6.10 Å². The third-order valence-corrected chi connectivity index (χ3v) is 6.93. The summed E-state index contributed by atoms with van der Waals surface area (Å²) in [5, 5.41) is 11.0. The summed E-state index contributed by atoms with van der Waals surface area (Å²) in [6.45, 7) is 0. The van der Waals surface area contributed by atoms with Crippen molar-refractivity contribution in [3.05, 3.63) is 23.1 Å². The third-order valence-electron chi connectivity index (χ3n) is 5.65. The van der Waals surface area contributed by atoms with E-state index in [4.69, 9.17) is 0 Å². The lowest BCUT2D eigenvalue weighted by atomic mass is 9.84. The van der Waals surface area contributed by atoms with Crippen molar-refractivity contribution in [2.45, 2.75) is 76.2 Å². The first-order valence-electron chi connectivity index (χ1n) is 8.95. The Labute approximate surface area is 136 Å². The second-order valence-corrected chi connectivity index (χ2v) is 8.25. The number of aliphatic hydroxyl groups excluding tert-OH is 1. The molecule has 0 spiro atoms. The monoisotopic (exact) mass is 318 g/mol. The smallest absolute Gasteiger partial charge is 0.120 e. The quantitative estimate of drug-likeness (QED) is 0.856. The van der Waals surface area contributed by atoms with Crippen LogP contribution in [0.2, 0.25) is 0 Å². The molecular weight excluding hydrogens is 292 g/mol. The Kier molecular flexibility index (Phi) is 4.23. The molecule has 2 aromatic heterocycles. The molecule has 1 atom stereocenters. The molecule has 3 nitrogen and oxygen atoms in total. The largest absolute Gasteiger partial charge is 0.387 e. The van der Waals surface area contributed by atoms with Crippen molar-refractivity contribution in [1.29, 1.82) is 0 Å². The van der Waals surface area contributed by atoms with Gasteiger partial charge < -0.3 is 5.11 Å². The molecule has 0 unspecified atom stereocenters. The van der Waals surface area contributed by atoms with Gasteiger partial charge in [-0.1, -0.05) is 44.9 Å². The number of nitrogens with zero attached hydrogens (tertiary/aromatic N) is 2. The van der Waals surface area contributed by atoms with E-state index < -0.39 is 0 Å². The molecule has 120 valence electrons. The number of hydrogen-bond donors (Lipinski definition) is 1. The number of imidazole rings is 1. The van der Waals surface area contributed by atoms with Crippen LogP contribution in [0.25, 0.3) is 4.83 Å². The highest BCUT2D eigenvalue weighted by molar-refractivity contribution is 7.17. The molecular formula is C18H26N2OS. The maximum Gasteiger partial charge on any atom is 0.120 e. The van der Waals surface area contributed by atoms with Gasteiger partial charge >= 0.3 is 0 Å². The Morgan fingerprint density at radius 3 is 2.64 bits per heavy atom. The Balaban J connectivity index is 1.62. The van der Waals surface area contributed by atoms with Crippen LogP contribution in [-0.2, 0) is 0 Å². The fourth-order valence-corrected chi connectivity index (χ4v) is 5.80. The van der Waals surface area contributed by atoms with E-state index in [0.29, 0.717) is 11.8 Å². The second-order valence-electron chi connectivity index (χ2n) is 7.19. The van der Waals surface area contributed by atoms with Crippen LogP contribution in [0, 0.1) is 5.92 Å². The van der Waals surface area contributed by atoms with Crippen LogP contribution in [0.4, 0.5) is 0 Å². The number of rotatable bonds is 4. The number of thiazole rings is 1. The predicted octanol–water partition coefficient (Wildman–Crippen LogP) is 5.06. The molecule has 4 rings (SSSR count). The number of aliphatic hydroxyl groups is 1. The number of fused-ring (bicyclic) bond motifs is 1. The maximum absolute atomic E-state index is 11.0. The van der Waals surface area contributed by atoms with Crippen molar-refractivity contribution in [3.63, 3.8) is 0 Å². The summed E-state index contributed by atoms with van der Waals surface area (Å²) in [5.74, 6) is 1.37. The van der Waals surface area contributed by atoms with Crippen LogP contribution >= 0.6 is 11.3 Å². The van der Waals surface area contributed by atoms with Crippen molar-refractivity contribution in [2.75, 3.05) is 0 Å². The molecule has 2 aliphatic rings. The van der Waals surface area contributed by atoms with Gasteiger partial charge in [-0.05, 0) is 31.1 Å². The maximum atomic E-state index is 11.0. The van der Waals surface area contributed by atoms with Gasteiger partial charge in [-0.15, -0.1) is 11.3 Å². The highest BCUT2D eigenvalue weighted by Gasteiger charge is 2.29. The van der Waals surface area contributed by atoms with Crippen LogP contribution in [-0.4, -0.2) is 14.5 Å². The minimum atomic E-state index is -0.318. The van der Waals surface area contributed by atoms with Crippen molar-refractivity contribution in [1.82, 2.24) is 9.38 Å². The molecule has 0 aliphatic heterocycles. The lowest BCUT2D eigenvalue weighted by Gasteiger charge is -2.25. The van der Waals surface area contributed by atoms with Gasteiger partial charge in [0.2, 0.25) is 0 Å². The number of aromatic nitrogens is 2. The van der Waals surface area contributed by atoms with Gasteiger partial charge in [-0.2, -0.15) is 0 Å². The zero-order valence-electron chi connectivity index (χ0n) is 13.2. The summed E-state index contributed by atoms with van der Waals surface area (Å²) in [6, 6.07) is 0. The van der Waals surface area contributed by atoms with E-state index >= 15 is 0 Å². The molecule has 0 saturated heterocycles. The molecule has 2 saturated carbocycles. The van der Waals surface area contributed by atoms with Gasteiger partial charge in [-0.25, -0.2) is 4.98 Å².